The fraction of sp³-hybridized carbons (Fsp3) is 0. The normalized spacial score (nSPS) is 11.3. The minimum atomic E-state index is 0.822. The third kappa shape index (κ3) is 5.51. The van der Waals surface area contributed by atoms with Gasteiger partial charge in [-0.15, -0.1) is 10.2 Å². The van der Waals surface area contributed by atoms with Gasteiger partial charge in [0.25, 0.3) is 0 Å². The van der Waals surface area contributed by atoms with E-state index in [1.54, 1.807) is 17.2 Å². The number of hydrogen-bond donors (Lipinski definition) is 0. The predicted octanol–water partition coefficient (Wildman–Crippen LogP) is 10.1. The van der Waals surface area contributed by atoms with Crippen LogP contribution in [0.4, 0.5) is 0 Å². The van der Waals surface area contributed by atoms with E-state index in [4.69, 9.17) is 10.2 Å². The molecule has 0 bridgehead atoms. The van der Waals surface area contributed by atoms with E-state index in [0.717, 1.165) is 83.3 Å². The van der Waals surface area contributed by atoms with E-state index in [1.165, 1.54) is 0 Å². The Balaban J connectivity index is 1.12. The van der Waals surface area contributed by atoms with E-state index in [2.05, 4.69) is 124 Å². The first-order valence-electron chi connectivity index (χ1n) is 16.1. The third-order valence-electron chi connectivity index (χ3n) is 8.91. The van der Waals surface area contributed by atoms with Crippen LogP contribution in [0.5, 0.6) is 0 Å². The summed E-state index contributed by atoms with van der Waals surface area (Å²) in [4.78, 5) is 15.0. The molecule has 0 radical (unpaired) electrons. The average molecular weight is 629 g/mol. The van der Waals surface area contributed by atoms with Crippen molar-refractivity contribution in [1.29, 1.82) is 0 Å². The second-order valence-electron chi connectivity index (χ2n) is 12.0. The third-order valence-corrected chi connectivity index (χ3v) is 8.91. The lowest BCUT2D eigenvalue weighted by atomic mass is 9.95. The van der Waals surface area contributed by atoms with Crippen LogP contribution in [0.25, 0.3) is 83.3 Å². The fourth-order valence-corrected chi connectivity index (χ4v) is 6.30. The minimum absolute atomic E-state index is 0.822. The molecule has 230 valence electrons. The zero-order chi connectivity index (χ0) is 32.6. The van der Waals surface area contributed by atoms with Crippen LogP contribution in [0.15, 0.2) is 171 Å². The zero-order valence-corrected chi connectivity index (χ0v) is 26.3. The van der Waals surface area contributed by atoms with E-state index in [0.29, 0.717) is 0 Å². The maximum Gasteiger partial charge on any atom is 0.121 e. The van der Waals surface area contributed by atoms with Gasteiger partial charge in [-0.3, -0.25) is 15.0 Å². The second kappa shape index (κ2) is 12.1. The molecule has 6 nitrogen and oxygen atoms in total. The zero-order valence-electron chi connectivity index (χ0n) is 26.3. The van der Waals surface area contributed by atoms with Crippen LogP contribution in [0, 0.1) is 0 Å². The van der Waals surface area contributed by atoms with Gasteiger partial charge >= 0.3 is 0 Å². The molecule has 49 heavy (non-hydrogen) atoms. The summed E-state index contributed by atoms with van der Waals surface area (Å²) in [6.07, 6.45) is 9.28. The SMILES string of the molecule is c1cncc(-c2ccc(-c3cc(-c4ccc(-c5cccnc5)cc4)c4nn(-c5ccc(-c6cnc7ccccc7c6)cc5)nc4c3)cc2)c1. The Morgan fingerprint density at radius 2 is 0.980 bits per heavy atom. The van der Waals surface area contributed by atoms with Gasteiger partial charge in [-0.25, -0.2) is 0 Å². The van der Waals surface area contributed by atoms with Crippen molar-refractivity contribution in [2.45, 2.75) is 0 Å². The monoisotopic (exact) mass is 628 g/mol. The molecular weight excluding hydrogens is 601 g/mol. The molecule has 0 N–H and O–H groups in total. The van der Waals surface area contributed by atoms with Crippen LogP contribution in [0.1, 0.15) is 0 Å². The Kier molecular flexibility index (Phi) is 7.02. The highest BCUT2D eigenvalue weighted by Gasteiger charge is 2.15. The number of para-hydroxylation sites is 1. The summed E-state index contributed by atoms with van der Waals surface area (Å²) in [6, 6.07) is 48.2. The molecule has 9 aromatic rings. The first-order chi connectivity index (χ1) is 24.2. The maximum atomic E-state index is 5.05. The smallest absolute Gasteiger partial charge is 0.121 e. The van der Waals surface area contributed by atoms with Gasteiger partial charge < -0.3 is 0 Å². The highest BCUT2D eigenvalue weighted by molar-refractivity contribution is 5.96. The summed E-state index contributed by atoms with van der Waals surface area (Å²) in [5.74, 6) is 0. The molecule has 0 spiro atoms. The van der Waals surface area contributed by atoms with Crippen molar-refractivity contribution >= 4 is 21.9 Å². The van der Waals surface area contributed by atoms with Crippen LogP contribution < -0.4 is 0 Å². The summed E-state index contributed by atoms with van der Waals surface area (Å²) in [7, 11) is 0. The van der Waals surface area contributed by atoms with Crippen LogP contribution in [-0.4, -0.2) is 29.9 Å². The summed E-state index contributed by atoms with van der Waals surface area (Å²) in [5.41, 5.74) is 14.4. The van der Waals surface area contributed by atoms with Gasteiger partial charge in [-0.05, 0) is 93.0 Å². The second-order valence-corrected chi connectivity index (χ2v) is 12.0. The molecule has 0 amide bonds. The van der Waals surface area contributed by atoms with Crippen molar-refractivity contribution in [2.75, 3.05) is 0 Å². The van der Waals surface area contributed by atoms with Gasteiger partial charge in [-0.2, -0.15) is 4.80 Å². The van der Waals surface area contributed by atoms with Gasteiger partial charge in [0.05, 0.1) is 11.2 Å². The number of nitrogens with zero attached hydrogens (tertiary/aromatic N) is 6. The van der Waals surface area contributed by atoms with E-state index in [9.17, 15) is 0 Å². The Labute approximate surface area is 283 Å². The maximum absolute atomic E-state index is 5.05. The molecule has 0 saturated carbocycles. The summed E-state index contributed by atoms with van der Waals surface area (Å²) < 4.78 is 0. The van der Waals surface area contributed by atoms with Gasteiger partial charge in [0.2, 0.25) is 0 Å². The molecule has 0 fully saturated rings. The first-order valence-corrected chi connectivity index (χ1v) is 16.1. The van der Waals surface area contributed by atoms with Gasteiger partial charge in [0, 0.05) is 47.5 Å². The van der Waals surface area contributed by atoms with Crippen molar-refractivity contribution in [3.8, 4) is 61.3 Å². The Morgan fingerprint density at radius 3 is 1.63 bits per heavy atom. The van der Waals surface area contributed by atoms with Crippen molar-refractivity contribution in [1.82, 2.24) is 29.9 Å². The van der Waals surface area contributed by atoms with Crippen molar-refractivity contribution in [3.63, 3.8) is 0 Å². The topological polar surface area (TPSA) is 69.4 Å². The van der Waals surface area contributed by atoms with E-state index >= 15 is 0 Å². The Bertz CT molecular complexity index is 2560. The number of rotatable bonds is 6. The largest absolute Gasteiger partial charge is 0.264 e. The number of pyridine rings is 3. The van der Waals surface area contributed by atoms with Crippen molar-refractivity contribution in [3.05, 3.63) is 171 Å². The van der Waals surface area contributed by atoms with Crippen LogP contribution in [0.3, 0.4) is 0 Å². The van der Waals surface area contributed by atoms with E-state index in [-0.39, 0.29) is 0 Å². The lowest BCUT2D eigenvalue weighted by molar-refractivity contribution is 0.766. The molecule has 0 aliphatic carbocycles. The molecule has 6 heteroatoms. The first kappa shape index (κ1) is 28.4. The van der Waals surface area contributed by atoms with Crippen LogP contribution in [-0.2, 0) is 0 Å². The quantitative estimate of drug-likeness (QED) is 0.183. The molecule has 0 saturated heterocycles. The van der Waals surface area contributed by atoms with E-state index < -0.39 is 0 Å². The van der Waals surface area contributed by atoms with Gasteiger partial charge in [-0.1, -0.05) is 91.0 Å². The van der Waals surface area contributed by atoms with Crippen molar-refractivity contribution < 1.29 is 0 Å². The lowest BCUT2D eigenvalue weighted by Crippen LogP contribution is -1.98. The van der Waals surface area contributed by atoms with Crippen molar-refractivity contribution in [2.24, 2.45) is 0 Å². The fourth-order valence-electron chi connectivity index (χ4n) is 6.30. The average Bonchev–Trinajstić information content (AvgIpc) is 3.63. The molecule has 5 aromatic carbocycles. The van der Waals surface area contributed by atoms with Crippen LogP contribution in [0.2, 0.25) is 0 Å². The number of hydrogen-bond acceptors (Lipinski definition) is 5. The highest BCUT2D eigenvalue weighted by Crippen LogP contribution is 2.35. The van der Waals surface area contributed by atoms with E-state index in [1.807, 2.05) is 48.9 Å². The molecule has 9 rings (SSSR count). The molecular formula is C43H28N6. The number of fused-ring (bicyclic) bond motifs is 2. The molecule has 0 aliphatic rings. The number of benzene rings is 5. The molecule has 0 aliphatic heterocycles. The summed E-state index contributed by atoms with van der Waals surface area (Å²) in [6.45, 7) is 0. The minimum Gasteiger partial charge on any atom is -0.264 e. The summed E-state index contributed by atoms with van der Waals surface area (Å²) in [5, 5.41) is 11.2. The molecule has 0 atom stereocenters. The standard InChI is InChI=1S/C43H28N6/c1-2-8-41-34(5-1)23-38(28-46-41)32-17-19-39(20-18-32)49-47-42-25-37(31-11-9-29(10-12-31)35-6-3-21-44-26-35)24-40(43(42)48-49)33-15-13-30(14-16-33)36-7-4-22-45-27-36/h1-28H. The Morgan fingerprint density at radius 1 is 0.388 bits per heavy atom. The van der Waals surface area contributed by atoms with Gasteiger partial charge in [0.15, 0.2) is 0 Å². The molecule has 0 unspecified atom stereocenters. The van der Waals surface area contributed by atoms with Crippen LogP contribution >= 0.6 is 0 Å². The lowest BCUT2D eigenvalue weighted by Gasteiger charge is -2.09. The highest BCUT2D eigenvalue weighted by atomic mass is 15.5. The Hall–Kier alpha value is -6.79. The molecule has 4 heterocycles. The predicted molar refractivity (Wildman–Crippen MR) is 197 cm³/mol. The summed E-state index contributed by atoms with van der Waals surface area (Å²) >= 11 is 0. The molecule has 4 aromatic heterocycles. The van der Waals surface area contributed by atoms with Gasteiger partial charge in [0.1, 0.15) is 11.0 Å². The number of aromatic nitrogens is 6.